The molecule has 0 bridgehead atoms. The number of amides is 2. The molecule has 0 unspecified atom stereocenters. The maximum Gasteiger partial charge on any atom is 0.416 e. The lowest BCUT2D eigenvalue weighted by molar-refractivity contribution is -0.137. The van der Waals surface area contributed by atoms with Crippen LogP contribution in [0, 0.1) is 5.92 Å². The molecule has 1 aliphatic rings. The minimum atomic E-state index is -4.43. The maximum absolute atomic E-state index is 12.6. The summed E-state index contributed by atoms with van der Waals surface area (Å²) in [7, 11) is 0. The molecular formula is C17H22F3N3O2. The van der Waals surface area contributed by atoms with E-state index in [4.69, 9.17) is 5.73 Å². The Morgan fingerprint density at radius 2 is 1.48 bits per heavy atom. The molecule has 1 fully saturated rings. The SMILES string of the molecule is CC(C)[C@H](N)C(=O)N1CCN(C(=O)c2ccc(C(F)(F)F)cc2)CC1. The Morgan fingerprint density at radius 3 is 1.92 bits per heavy atom. The highest BCUT2D eigenvalue weighted by Gasteiger charge is 2.31. The van der Waals surface area contributed by atoms with Gasteiger partial charge in [-0.15, -0.1) is 0 Å². The molecule has 0 aliphatic carbocycles. The van der Waals surface area contributed by atoms with Crippen LogP contribution in [0.2, 0.25) is 0 Å². The van der Waals surface area contributed by atoms with Gasteiger partial charge in [0.1, 0.15) is 0 Å². The molecule has 8 heteroatoms. The number of nitrogens with zero attached hydrogens (tertiary/aromatic N) is 2. The van der Waals surface area contributed by atoms with E-state index < -0.39 is 17.8 Å². The van der Waals surface area contributed by atoms with Crippen LogP contribution in [-0.4, -0.2) is 53.8 Å². The second-order valence-corrected chi connectivity index (χ2v) is 6.46. The third kappa shape index (κ3) is 4.50. The number of hydrogen-bond acceptors (Lipinski definition) is 3. The van der Waals surface area contributed by atoms with Crippen molar-refractivity contribution in [1.29, 1.82) is 0 Å². The van der Waals surface area contributed by atoms with Gasteiger partial charge < -0.3 is 15.5 Å². The molecule has 2 N–H and O–H groups in total. The zero-order valence-electron chi connectivity index (χ0n) is 14.2. The standard InChI is InChI=1S/C17H22F3N3O2/c1-11(2)14(21)16(25)23-9-7-22(8-10-23)15(24)12-3-5-13(6-4-12)17(18,19)20/h3-6,11,14H,7-10,21H2,1-2H3/t14-/m0/s1. The summed E-state index contributed by atoms with van der Waals surface area (Å²) in [6.45, 7) is 5.13. The summed E-state index contributed by atoms with van der Waals surface area (Å²) in [5.74, 6) is -0.454. The van der Waals surface area contributed by atoms with Gasteiger partial charge in [-0.3, -0.25) is 9.59 Å². The minimum absolute atomic E-state index is 0.0271. The minimum Gasteiger partial charge on any atom is -0.338 e. The highest BCUT2D eigenvalue weighted by molar-refractivity contribution is 5.94. The van der Waals surface area contributed by atoms with Gasteiger partial charge in [-0.1, -0.05) is 13.8 Å². The molecule has 1 aliphatic heterocycles. The summed E-state index contributed by atoms with van der Waals surface area (Å²) in [5.41, 5.74) is 5.27. The quantitative estimate of drug-likeness (QED) is 0.899. The lowest BCUT2D eigenvalue weighted by Crippen LogP contribution is -2.55. The molecule has 1 atom stereocenters. The fourth-order valence-electron chi connectivity index (χ4n) is 2.61. The van der Waals surface area contributed by atoms with E-state index in [2.05, 4.69) is 0 Å². The Balaban J connectivity index is 1.96. The summed E-state index contributed by atoms with van der Waals surface area (Å²) in [5, 5.41) is 0. The van der Waals surface area contributed by atoms with Crippen LogP contribution >= 0.6 is 0 Å². The lowest BCUT2D eigenvalue weighted by Gasteiger charge is -2.36. The third-order valence-corrected chi connectivity index (χ3v) is 4.34. The Bertz CT molecular complexity index is 621. The first-order valence-electron chi connectivity index (χ1n) is 8.12. The monoisotopic (exact) mass is 357 g/mol. The van der Waals surface area contributed by atoms with Gasteiger partial charge in [-0.05, 0) is 30.2 Å². The predicted octanol–water partition coefficient (Wildman–Crippen LogP) is 1.97. The van der Waals surface area contributed by atoms with Crippen molar-refractivity contribution < 1.29 is 22.8 Å². The van der Waals surface area contributed by atoms with E-state index in [1.54, 1.807) is 4.90 Å². The van der Waals surface area contributed by atoms with Crippen molar-refractivity contribution in [2.45, 2.75) is 26.1 Å². The summed E-state index contributed by atoms with van der Waals surface area (Å²) in [6, 6.07) is 3.58. The lowest BCUT2D eigenvalue weighted by atomic mass is 10.0. The van der Waals surface area contributed by atoms with E-state index in [1.165, 1.54) is 17.0 Å². The Hall–Kier alpha value is -2.09. The first-order chi connectivity index (χ1) is 11.6. The van der Waals surface area contributed by atoms with Gasteiger partial charge >= 0.3 is 6.18 Å². The van der Waals surface area contributed by atoms with E-state index >= 15 is 0 Å². The van der Waals surface area contributed by atoms with Crippen molar-refractivity contribution >= 4 is 11.8 Å². The van der Waals surface area contributed by atoms with Gasteiger partial charge in [0.15, 0.2) is 0 Å². The zero-order valence-corrected chi connectivity index (χ0v) is 14.2. The fraction of sp³-hybridized carbons (Fsp3) is 0.529. The number of carbonyl (C=O) groups excluding carboxylic acids is 2. The van der Waals surface area contributed by atoms with Crippen molar-refractivity contribution in [3.63, 3.8) is 0 Å². The first kappa shape index (κ1) is 19.2. The van der Waals surface area contributed by atoms with Crippen molar-refractivity contribution in [2.75, 3.05) is 26.2 Å². The summed E-state index contributed by atoms with van der Waals surface area (Å²) in [4.78, 5) is 27.8. The van der Waals surface area contributed by atoms with Gasteiger partial charge in [0, 0.05) is 31.7 Å². The molecule has 0 radical (unpaired) electrons. The maximum atomic E-state index is 12.6. The van der Waals surface area contributed by atoms with Gasteiger partial charge in [0.05, 0.1) is 11.6 Å². The normalized spacial score (nSPS) is 16.9. The van der Waals surface area contributed by atoms with Crippen LogP contribution in [0.5, 0.6) is 0 Å². The van der Waals surface area contributed by atoms with Gasteiger partial charge in [0.25, 0.3) is 5.91 Å². The molecule has 0 aromatic heterocycles. The molecule has 0 saturated carbocycles. The van der Waals surface area contributed by atoms with Crippen LogP contribution in [0.4, 0.5) is 13.2 Å². The van der Waals surface area contributed by atoms with Gasteiger partial charge in [-0.2, -0.15) is 13.2 Å². The molecule has 2 rings (SSSR count). The van der Waals surface area contributed by atoms with Crippen molar-refractivity contribution in [1.82, 2.24) is 9.80 Å². The second-order valence-electron chi connectivity index (χ2n) is 6.46. The van der Waals surface area contributed by atoms with Crippen LogP contribution in [0.15, 0.2) is 24.3 Å². The molecule has 5 nitrogen and oxygen atoms in total. The molecule has 1 aromatic rings. The molecule has 1 saturated heterocycles. The van der Waals surface area contributed by atoms with Crippen LogP contribution in [-0.2, 0) is 11.0 Å². The number of benzene rings is 1. The summed E-state index contributed by atoms with van der Waals surface area (Å²) in [6.07, 6.45) is -4.43. The van der Waals surface area contributed by atoms with Crippen LogP contribution in [0.25, 0.3) is 0 Å². The van der Waals surface area contributed by atoms with E-state index in [-0.39, 0.29) is 23.3 Å². The van der Waals surface area contributed by atoms with Gasteiger partial charge in [0.2, 0.25) is 5.91 Å². The average Bonchev–Trinajstić information content (AvgIpc) is 2.59. The smallest absolute Gasteiger partial charge is 0.338 e. The first-order valence-corrected chi connectivity index (χ1v) is 8.12. The predicted molar refractivity (Wildman–Crippen MR) is 86.7 cm³/mol. The number of piperazine rings is 1. The molecule has 2 amide bonds. The number of halogens is 3. The Kier molecular flexibility index (Phi) is 5.72. The van der Waals surface area contributed by atoms with E-state index in [0.717, 1.165) is 12.1 Å². The highest BCUT2D eigenvalue weighted by atomic mass is 19.4. The molecule has 0 spiro atoms. The van der Waals surface area contributed by atoms with Crippen molar-refractivity contribution in [3.8, 4) is 0 Å². The Labute approximate surface area is 144 Å². The number of carbonyl (C=O) groups is 2. The molecule has 1 aromatic carbocycles. The van der Waals surface area contributed by atoms with Crippen LogP contribution in [0.3, 0.4) is 0 Å². The van der Waals surface area contributed by atoms with E-state index in [1.807, 2.05) is 13.8 Å². The van der Waals surface area contributed by atoms with Crippen molar-refractivity contribution in [3.05, 3.63) is 35.4 Å². The van der Waals surface area contributed by atoms with Gasteiger partial charge in [-0.25, -0.2) is 0 Å². The molecular weight excluding hydrogens is 335 g/mol. The molecule has 25 heavy (non-hydrogen) atoms. The highest BCUT2D eigenvalue weighted by Crippen LogP contribution is 2.29. The van der Waals surface area contributed by atoms with Crippen molar-refractivity contribution in [2.24, 2.45) is 11.7 Å². The van der Waals surface area contributed by atoms with E-state index in [0.29, 0.717) is 26.2 Å². The number of alkyl halides is 3. The van der Waals surface area contributed by atoms with Crippen LogP contribution < -0.4 is 5.73 Å². The third-order valence-electron chi connectivity index (χ3n) is 4.34. The number of nitrogens with two attached hydrogens (primary N) is 1. The zero-order chi connectivity index (χ0) is 18.8. The number of hydrogen-bond donors (Lipinski definition) is 1. The van der Waals surface area contributed by atoms with Crippen LogP contribution in [0.1, 0.15) is 29.8 Å². The largest absolute Gasteiger partial charge is 0.416 e. The fourth-order valence-corrected chi connectivity index (χ4v) is 2.61. The summed E-state index contributed by atoms with van der Waals surface area (Å²) < 4.78 is 37.7. The molecule has 1 heterocycles. The second kappa shape index (κ2) is 7.43. The Morgan fingerprint density at radius 1 is 1.00 bits per heavy atom. The van der Waals surface area contributed by atoms with E-state index in [9.17, 15) is 22.8 Å². The number of rotatable bonds is 3. The average molecular weight is 357 g/mol. The topological polar surface area (TPSA) is 66.6 Å². The molecule has 138 valence electrons. The summed E-state index contributed by atoms with van der Waals surface area (Å²) >= 11 is 0.